The average molecular weight is 381 g/mol. The molecule has 1 N–H and O–H groups in total. The number of pyridine rings is 1. The van der Waals surface area contributed by atoms with Crippen molar-refractivity contribution in [3.63, 3.8) is 0 Å². The first-order chi connectivity index (χ1) is 13.2. The molecule has 5 nitrogen and oxygen atoms in total. The summed E-state index contributed by atoms with van der Waals surface area (Å²) in [4.78, 5) is 19.4. The Morgan fingerprint density at radius 2 is 2.07 bits per heavy atom. The van der Waals surface area contributed by atoms with Crippen LogP contribution in [0.15, 0.2) is 54.7 Å². The fourth-order valence-corrected chi connectivity index (χ4v) is 3.81. The first-order valence-corrected chi connectivity index (χ1v) is 9.56. The predicted octanol–water partition coefficient (Wildman–Crippen LogP) is 4.07. The highest BCUT2D eigenvalue weighted by atomic mass is 35.5. The van der Waals surface area contributed by atoms with Crippen LogP contribution in [-0.2, 0) is 6.42 Å². The second kappa shape index (κ2) is 7.92. The lowest BCUT2D eigenvalue weighted by atomic mass is 9.93. The summed E-state index contributed by atoms with van der Waals surface area (Å²) in [5.74, 6) is 0.251. The Labute approximate surface area is 163 Å². The van der Waals surface area contributed by atoms with Crippen LogP contribution in [0.2, 0.25) is 5.02 Å². The summed E-state index contributed by atoms with van der Waals surface area (Å²) >= 11 is 6.29. The van der Waals surface area contributed by atoms with Crippen molar-refractivity contribution < 1.29 is 4.79 Å². The number of carbonyl (C=O) groups is 1. The van der Waals surface area contributed by atoms with Crippen molar-refractivity contribution in [1.82, 2.24) is 20.1 Å². The molecular weight excluding hydrogens is 360 g/mol. The summed E-state index contributed by atoms with van der Waals surface area (Å²) in [5.41, 5.74) is 3.65. The standard InChI is InChI=1S/C21H21ClN4O/c22-18-8-2-1-5-15(18)13-17-7-3-9-19(24-17)16-6-4-12-26(14-16)21(27)20-10-11-23-25-20/h1-3,5,7-11,16H,4,6,12-14H2,(H,23,25)/t16-/m1/s1. The number of aromatic nitrogens is 3. The molecule has 0 aliphatic carbocycles. The lowest BCUT2D eigenvalue weighted by molar-refractivity contribution is 0.0700. The fraction of sp³-hybridized carbons (Fsp3) is 0.286. The smallest absolute Gasteiger partial charge is 0.271 e. The molecule has 1 saturated heterocycles. The van der Waals surface area contributed by atoms with Crippen LogP contribution in [0.5, 0.6) is 0 Å². The van der Waals surface area contributed by atoms with Crippen molar-refractivity contribution in [3.05, 3.63) is 82.4 Å². The van der Waals surface area contributed by atoms with Crippen LogP contribution in [0, 0.1) is 0 Å². The minimum Gasteiger partial charge on any atom is -0.337 e. The largest absolute Gasteiger partial charge is 0.337 e. The Kier molecular flexibility index (Phi) is 5.21. The lowest BCUT2D eigenvalue weighted by Gasteiger charge is -2.32. The average Bonchev–Trinajstić information content (AvgIpc) is 3.24. The topological polar surface area (TPSA) is 61.9 Å². The predicted molar refractivity (Wildman–Crippen MR) is 105 cm³/mol. The maximum absolute atomic E-state index is 12.6. The molecule has 3 heterocycles. The molecule has 0 unspecified atom stereocenters. The second-order valence-electron chi connectivity index (χ2n) is 6.88. The fourth-order valence-electron chi connectivity index (χ4n) is 3.61. The molecule has 1 aliphatic heterocycles. The van der Waals surface area contributed by atoms with Gasteiger partial charge in [0.15, 0.2) is 0 Å². The maximum Gasteiger partial charge on any atom is 0.271 e. The molecular formula is C21H21ClN4O. The lowest BCUT2D eigenvalue weighted by Crippen LogP contribution is -2.39. The normalized spacial score (nSPS) is 17.1. The molecule has 1 aliphatic rings. The van der Waals surface area contributed by atoms with Crippen LogP contribution in [0.4, 0.5) is 0 Å². The third-order valence-corrected chi connectivity index (χ3v) is 5.38. The molecule has 27 heavy (non-hydrogen) atoms. The molecule has 0 radical (unpaired) electrons. The number of benzene rings is 1. The van der Waals surface area contributed by atoms with E-state index in [0.717, 1.165) is 41.4 Å². The van der Waals surface area contributed by atoms with E-state index in [-0.39, 0.29) is 11.8 Å². The summed E-state index contributed by atoms with van der Waals surface area (Å²) in [5, 5.41) is 7.40. The summed E-state index contributed by atoms with van der Waals surface area (Å²) in [7, 11) is 0. The molecule has 3 aromatic rings. The number of rotatable bonds is 4. The molecule has 2 aromatic heterocycles. The van der Waals surface area contributed by atoms with Gasteiger partial charge >= 0.3 is 0 Å². The summed E-state index contributed by atoms with van der Waals surface area (Å²) in [6, 6.07) is 15.7. The molecule has 1 fully saturated rings. The maximum atomic E-state index is 12.6. The van der Waals surface area contributed by atoms with E-state index in [4.69, 9.17) is 16.6 Å². The monoisotopic (exact) mass is 380 g/mol. The van der Waals surface area contributed by atoms with E-state index in [2.05, 4.69) is 16.3 Å². The SMILES string of the molecule is O=C(c1ccn[nH]1)N1CCC[C@@H](c2cccc(Cc3ccccc3Cl)n2)C1. The number of hydrogen-bond acceptors (Lipinski definition) is 3. The summed E-state index contributed by atoms with van der Waals surface area (Å²) in [6.45, 7) is 1.45. The van der Waals surface area contributed by atoms with Gasteiger partial charge in [-0.3, -0.25) is 14.9 Å². The van der Waals surface area contributed by atoms with E-state index in [1.54, 1.807) is 12.3 Å². The van der Waals surface area contributed by atoms with Gasteiger partial charge in [0, 0.05) is 48.0 Å². The third kappa shape index (κ3) is 4.03. The summed E-state index contributed by atoms with van der Waals surface area (Å²) < 4.78 is 0. The van der Waals surface area contributed by atoms with Crippen LogP contribution < -0.4 is 0 Å². The zero-order valence-electron chi connectivity index (χ0n) is 14.9. The van der Waals surface area contributed by atoms with Gasteiger partial charge in [-0.2, -0.15) is 5.10 Å². The molecule has 0 saturated carbocycles. The second-order valence-corrected chi connectivity index (χ2v) is 7.29. The number of carbonyl (C=O) groups excluding carboxylic acids is 1. The Morgan fingerprint density at radius 1 is 1.19 bits per heavy atom. The van der Waals surface area contributed by atoms with Crippen molar-refractivity contribution in [2.45, 2.75) is 25.2 Å². The number of likely N-dealkylation sites (tertiary alicyclic amines) is 1. The summed E-state index contributed by atoms with van der Waals surface area (Å²) in [6.07, 6.45) is 4.32. The quantitative estimate of drug-likeness (QED) is 0.742. The van der Waals surface area contributed by atoms with Crippen LogP contribution >= 0.6 is 11.6 Å². The zero-order chi connectivity index (χ0) is 18.6. The van der Waals surface area contributed by atoms with Gasteiger partial charge in [0.05, 0.1) is 0 Å². The Bertz CT molecular complexity index is 925. The Morgan fingerprint density at radius 3 is 2.89 bits per heavy atom. The molecule has 1 amide bonds. The number of amides is 1. The highest BCUT2D eigenvalue weighted by Crippen LogP contribution is 2.27. The van der Waals surface area contributed by atoms with Crippen molar-refractivity contribution in [1.29, 1.82) is 0 Å². The van der Waals surface area contributed by atoms with E-state index >= 15 is 0 Å². The number of piperidine rings is 1. The Hall–Kier alpha value is -2.66. The molecule has 0 spiro atoms. The van der Waals surface area contributed by atoms with Gasteiger partial charge in [0.1, 0.15) is 5.69 Å². The third-order valence-electron chi connectivity index (χ3n) is 5.02. The molecule has 6 heteroatoms. The molecule has 138 valence electrons. The minimum absolute atomic E-state index is 0.00409. The van der Waals surface area contributed by atoms with Crippen molar-refractivity contribution >= 4 is 17.5 Å². The van der Waals surface area contributed by atoms with E-state index in [9.17, 15) is 4.79 Å². The number of aromatic amines is 1. The van der Waals surface area contributed by atoms with Crippen molar-refractivity contribution in [2.24, 2.45) is 0 Å². The zero-order valence-corrected chi connectivity index (χ0v) is 15.7. The van der Waals surface area contributed by atoms with E-state index in [0.29, 0.717) is 18.7 Å². The number of halogens is 1. The van der Waals surface area contributed by atoms with E-state index in [1.807, 2.05) is 41.3 Å². The Balaban J connectivity index is 1.50. The van der Waals surface area contributed by atoms with Crippen LogP contribution in [0.25, 0.3) is 0 Å². The van der Waals surface area contributed by atoms with Crippen LogP contribution in [-0.4, -0.2) is 39.1 Å². The number of nitrogens with zero attached hydrogens (tertiary/aromatic N) is 3. The molecule has 1 aromatic carbocycles. The minimum atomic E-state index is 0.00409. The van der Waals surface area contributed by atoms with Crippen molar-refractivity contribution in [2.75, 3.05) is 13.1 Å². The van der Waals surface area contributed by atoms with Gasteiger partial charge in [0.2, 0.25) is 0 Å². The van der Waals surface area contributed by atoms with E-state index < -0.39 is 0 Å². The highest BCUT2D eigenvalue weighted by Gasteiger charge is 2.27. The number of nitrogens with one attached hydrogen (secondary N) is 1. The van der Waals surface area contributed by atoms with Gasteiger partial charge in [-0.15, -0.1) is 0 Å². The first-order valence-electron chi connectivity index (χ1n) is 9.18. The van der Waals surface area contributed by atoms with E-state index in [1.165, 1.54) is 0 Å². The number of H-pyrrole nitrogens is 1. The van der Waals surface area contributed by atoms with Crippen molar-refractivity contribution in [3.8, 4) is 0 Å². The van der Waals surface area contributed by atoms with Gasteiger partial charge in [-0.25, -0.2) is 0 Å². The highest BCUT2D eigenvalue weighted by molar-refractivity contribution is 6.31. The molecule has 0 bridgehead atoms. The first kappa shape index (κ1) is 17.7. The van der Waals surface area contributed by atoms with Crippen LogP contribution in [0.1, 0.15) is 46.2 Å². The van der Waals surface area contributed by atoms with Gasteiger partial charge in [0.25, 0.3) is 5.91 Å². The van der Waals surface area contributed by atoms with Gasteiger partial charge in [-0.05, 0) is 42.7 Å². The molecule has 1 atom stereocenters. The van der Waals surface area contributed by atoms with Gasteiger partial charge in [-0.1, -0.05) is 35.9 Å². The van der Waals surface area contributed by atoms with Gasteiger partial charge < -0.3 is 4.90 Å². The molecule has 4 rings (SSSR count). The number of hydrogen-bond donors (Lipinski definition) is 1. The van der Waals surface area contributed by atoms with Crippen LogP contribution in [0.3, 0.4) is 0 Å².